The first-order valence-electron chi connectivity index (χ1n) is 11.5. The molecule has 1 N–H and O–H groups in total. The van der Waals surface area contributed by atoms with Crippen LogP contribution in [0.25, 0.3) is 0 Å². The predicted octanol–water partition coefficient (Wildman–Crippen LogP) is 5.57. The van der Waals surface area contributed by atoms with Crippen molar-refractivity contribution in [3.05, 3.63) is 89.0 Å². The summed E-state index contributed by atoms with van der Waals surface area (Å²) < 4.78 is 29.0. The zero-order chi connectivity index (χ0) is 27.2. The van der Waals surface area contributed by atoms with Gasteiger partial charge in [0.15, 0.2) is 5.78 Å². The fourth-order valence-corrected chi connectivity index (χ4v) is 3.67. The third-order valence-electron chi connectivity index (χ3n) is 5.33. The highest BCUT2D eigenvalue weighted by Crippen LogP contribution is 2.34. The molecule has 1 unspecified atom stereocenters. The van der Waals surface area contributed by atoms with E-state index in [-0.39, 0.29) is 23.5 Å². The van der Waals surface area contributed by atoms with Gasteiger partial charge in [0.2, 0.25) is 0 Å². The van der Waals surface area contributed by atoms with E-state index in [4.69, 9.17) is 14.2 Å². The maximum Gasteiger partial charge on any atom is 0.412 e. The van der Waals surface area contributed by atoms with Gasteiger partial charge in [-0.15, -0.1) is 0 Å². The molecule has 0 spiro atoms. The molecule has 0 aliphatic heterocycles. The molecule has 1 amide bonds. The average molecular weight is 509 g/mol. The molecule has 0 bridgehead atoms. The van der Waals surface area contributed by atoms with Gasteiger partial charge in [0.1, 0.15) is 22.9 Å². The van der Waals surface area contributed by atoms with Crippen LogP contribution in [0.1, 0.15) is 58.8 Å². The van der Waals surface area contributed by atoms with E-state index in [1.807, 2.05) is 0 Å². The van der Waals surface area contributed by atoms with Crippen molar-refractivity contribution in [3.8, 4) is 5.75 Å². The Hall–Kier alpha value is -4.27. The van der Waals surface area contributed by atoms with E-state index >= 15 is 0 Å². The molecule has 0 saturated carbocycles. The molecular formula is C28H29FN2O6. The molecule has 2 aromatic carbocycles. The van der Waals surface area contributed by atoms with Gasteiger partial charge in [-0.3, -0.25) is 10.1 Å². The second kappa shape index (κ2) is 11.6. The van der Waals surface area contributed by atoms with Gasteiger partial charge in [0.25, 0.3) is 0 Å². The van der Waals surface area contributed by atoms with Crippen molar-refractivity contribution in [2.75, 3.05) is 19.5 Å². The Morgan fingerprint density at radius 1 is 1.00 bits per heavy atom. The second-order valence-corrected chi connectivity index (χ2v) is 9.21. The maximum absolute atomic E-state index is 13.7. The summed E-state index contributed by atoms with van der Waals surface area (Å²) >= 11 is 0. The lowest BCUT2D eigenvalue weighted by atomic mass is 9.85. The fraction of sp³-hybridized carbons (Fsp3) is 0.286. The smallest absolute Gasteiger partial charge is 0.412 e. The van der Waals surface area contributed by atoms with Crippen molar-refractivity contribution in [2.45, 2.75) is 38.7 Å². The molecule has 8 nitrogen and oxygen atoms in total. The summed E-state index contributed by atoms with van der Waals surface area (Å²) in [6.07, 6.45) is -0.628. The van der Waals surface area contributed by atoms with Crippen LogP contribution >= 0.6 is 0 Å². The van der Waals surface area contributed by atoms with E-state index in [2.05, 4.69) is 10.3 Å². The van der Waals surface area contributed by atoms with Crippen LogP contribution in [0.15, 0.2) is 60.7 Å². The minimum absolute atomic E-state index is 0.0797. The number of hydrogen-bond acceptors (Lipinski definition) is 7. The third-order valence-corrected chi connectivity index (χ3v) is 5.33. The number of carbonyl (C=O) groups excluding carboxylic acids is 3. The van der Waals surface area contributed by atoms with Gasteiger partial charge in [-0.25, -0.2) is 19.0 Å². The van der Waals surface area contributed by atoms with E-state index in [9.17, 15) is 18.8 Å². The number of hydrogen-bond donors (Lipinski definition) is 1. The minimum Gasteiger partial charge on any atom is -0.497 e. The summed E-state index contributed by atoms with van der Waals surface area (Å²) in [6, 6.07) is 14.9. The lowest BCUT2D eigenvalue weighted by molar-refractivity contribution is 0.0591. The maximum atomic E-state index is 13.7. The second-order valence-electron chi connectivity index (χ2n) is 9.21. The Bertz CT molecular complexity index is 1280. The number of halogens is 1. The number of esters is 1. The van der Waals surface area contributed by atoms with E-state index in [0.717, 1.165) is 0 Å². The normalized spacial score (nSPS) is 11.8. The highest BCUT2D eigenvalue weighted by atomic mass is 19.1. The van der Waals surface area contributed by atoms with Crippen LogP contribution in [-0.2, 0) is 15.9 Å². The topological polar surface area (TPSA) is 104 Å². The lowest BCUT2D eigenvalue weighted by Crippen LogP contribution is -2.28. The number of ketones is 1. The van der Waals surface area contributed by atoms with E-state index in [1.54, 1.807) is 51.1 Å². The van der Waals surface area contributed by atoms with Crippen LogP contribution < -0.4 is 10.1 Å². The minimum atomic E-state index is -0.860. The van der Waals surface area contributed by atoms with Crippen molar-refractivity contribution < 1.29 is 33.0 Å². The first kappa shape index (κ1) is 27.3. The number of methoxy groups -OCH3 is 2. The molecule has 0 aliphatic carbocycles. The van der Waals surface area contributed by atoms with Gasteiger partial charge < -0.3 is 14.2 Å². The summed E-state index contributed by atoms with van der Waals surface area (Å²) in [5.41, 5.74) is 0.834. The summed E-state index contributed by atoms with van der Waals surface area (Å²) in [5.74, 6) is -1.82. The van der Waals surface area contributed by atoms with E-state index in [1.165, 1.54) is 44.6 Å². The number of amides is 1. The van der Waals surface area contributed by atoms with Crippen LogP contribution in [0.4, 0.5) is 14.9 Å². The number of ether oxygens (including phenoxy) is 3. The fourth-order valence-electron chi connectivity index (χ4n) is 3.67. The van der Waals surface area contributed by atoms with Crippen LogP contribution in [-0.4, -0.2) is 42.7 Å². The van der Waals surface area contributed by atoms with Crippen molar-refractivity contribution in [2.24, 2.45) is 0 Å². The average Bonchev–Trinajstić information content (AvgIpc) is 2.86. The van der Waals surface area contributed by atoms with Gasteiger partial charge in [-0.05, 0) is 68.8 Å². The highest BCUT2D eigenvalue weighted by molar-refractivity contribution is 6.02. The first-order chi connectivity index (χ1) is 17.5. The monoisotopic (exact) mass is 508 g/mol. The number of anilines is 1. The molecule has 1 atom stereocenters. The Balaban J connectivity index is 2.09. The number of benzene rings is 2. The molecule has 3 rings (SSSR count). The molecule has 9 heteroatoms. The molecule has 0 saturated heterocycles. The standard InChI is InChI=1S/C28H29FN2O6/c1-28(2,3)37-27(34)31-24-16-20(35-4)13-14-21(24)22(25(32)17-9-11-18(29)12-10-17)15-19-7-6-8-23(30-19)26(33)36-5/h6-14,16,22H,15H2,1-5H3,(H,31,34). The molecular weight excluding hydrogens is 479 g/mol. The summed E-state index contributed by atoms with van der Waals surface area (Å²) in [4.78, 5) is 42.7. The Kier molecular flexibility index (Phi) is 8.60. The number of carbonyl (C=O) groups is 3. The predicted molar refractivity (Wildman–Crippen MR) is 136 cm³/mol. The van der Waals surface area contributed by atoms with Crippen LogP contribution in [0, 0.1) is 5.82 Å². The Morgan fingerprint density at radius 2 is 1.70 bits per heavy atom. The van der Waals surface area contributed by atoms with Crippen molar-refractivity contribution >= 4 is 23.5 Å². The molecule has 37 heavy (non-hydrogen) atoms. The van der Waals surface area contributed by atoms with Crippen LogP contribution in [0.3, 0.4) is 0 Å². The molecule has 0 radical (unpaired) electrons. The van der Waals surface area contributed by atoms with Crippen molar-refractivity contribution in [1.82, 2.24) is 4.98 Å². The molecule has 0 fully saturated rings. The van der Waals surface area contributed by atoms with Crippen molar-refractivity contribution in [3.63, 3.8) is 0 Å². The summed E-state index contributed by atoms with van der Waals surface area (Å²) in [7, 11) is 2.74. The zero-order valence-electron chi connectivity index (χ0n) is 21.3. The molecule has 1 heterocycles. The van der Waals surface area contributed by atoms with Gasteiger partial charge in [0.05, 0.1) is 25.8 Å². The van der Waals surface area contributed by atoms with Crippen LogP contribution in [0.2, 0.25) is 0 Å². The third kappa shape index (κ3) is 7.36. The van der Waals surface area contributed by atoms with Gasteiger partial charge in [-0.2, -0.15) is 0 Å². The number of nitrogens with zero attached hydrogens (tertiary/aromatic N) is 1. The van der Waals surface area contributed by atoms with Crippen molar-refractivity contribution in [1.29, 1.82) is 0 Å². The number of rotatable bonds is 8. The molecule has 1 aromatic heterocycles. The Morgan fingerprint density at radius 3 is 2.32 bits per heavy atom. The van der Waals surface area contributed by atoms with E-state index < -0.39 is 29.4 Å². The number of pyridine rings is 1. The summed E-state index contributed by atoms with van der Waals surface area (Å²) in [5, 5.41) is 2.71. The largest absolute Gasteiger partial charge is 0.497 e. The number of Topliss-reactive ketones (excluding diaryl/α,β-unsaturated/α-hetero) is 1. The Labute approximate surface area is 214 Å². The van der Waals surface area contributed by atoms with Crippen LogP contribution in [0.5, 0.6) is 5.75 Å². The first-order valence-corrected chi connectivity index (χ1v) is 11.5. The van der Waals surface area contributed by atoms with E-state index in [0.29, 0.717) is 22.7 Å². The molecule has 3 aromatic rings. The number of nitrogens with one attached hydrogen (secondary N) is 1. The highest BCUT2D eigenvalue weighted by Gasteiger charge is 2.28. The van der Waals surface area contributed by atoms with Gasteiger partial charge in [0, 0.05) is 23.7 Å². The van der Waals surface area contributed by atoms with Gasteiger partial charge in [-0.1, -0.05) is 12.1 Å². The summed E-state index contributed by atoms with van der Waals surface area (Å²) in [6.45, 7) is 5.21. The molecule has 0 aliphatic rings. The SMILES string of the molecule is COC(=O)c1cccc(CC(C(=O)c2ccc(F)cc2)c2ccc(OC)cc2NC(=O)OC(C)(C)C)n1. The zero-order valence-corrected chi connectivity index (χ0v) is 21.3. The molecule has 194 valence electrons. The quantitative estimate of drug-likeness (QED) is 0.313. The van der Waals surface area contributed by atoms with Gasteiger partial charge >= 0.3 is 12.1 Å². The lowest BCUT2D eigenvalue weighted by Gasteiger charge is -2.23. The number of aromatic nitrogens is 1.